The van der Waals surface area contributed by atoms with E-state index in [4.69, 9.17) is 4.74 Å². The van der Waals surface area contributed by atoms with Gasteiger partial charge in [0.25, 0.3) is 0 Å². The van der Waals surface area contributed by atoms with Crippen molar-refractivity contribution in [2.75, 3.05) is 27.3 Å². The van der Waals surface area contributed by atoms with Gasteiger partial charge < -0.3 is 15.4 Å². The fourth-order valence-electron chi connectivity index (χ4n) is 2.81. The molecule has 0 aliphatic carbocycles. The fourth-order valence-corrected chi connectivity index (χ4v) is 3.90. The lowest BCUT2D eigenvalue weighted by Crippen LogP contribution is -2.36. The molecule has 3 N–H and O–H groups in total. The molecule has 0 saturated heterocycles. The first-order chi connectivity index (χ1) is 13.9. The van der Waals surface area contributed by atoms with E-state index < -0.39 is 10.0 Å². The first kappa shape index (κ1) is 22.9. The number of benzene rings is 2. The van der Waals surface area contributed by atoms with E-state index >= 15 is 0 Å². The zero-order valence-corrected chi connectivity index (χ0v) is 18.3. The summed E-state index contributed by atoms with van der Waals surface area (Å²) in [5.41, 5.74) is 4.51. The molecule has 0 heterocycles. The number of aliphatic imine (C=N–C) groups is 1. The molecule has 0 bridgehead atoms. The van der Waals surface area contributed by atoms with Crippen LogP contribution in [0.25, 0.3) is 0 Å². The topological polar surface area (TPSA) is 91.8 Å². The number of aryl methyl sites for hydroxylation is 2. The van der Waals surface area contributed by atoms with Crippen molar-refractivity contribution in [1.29, 1.82) is 0 Å². The molecule has 8 heteroatoms. The summed E-state index contributed by atoms with van der Waals surface area (Å²) in [4.78, 5) is 4.46. The Balaban J connectivity index is 1.95. The Morgan fingerprint density at radius 1 is 1.07 bits per heavy atom. The number of sulfonamides is 1. The van der Waals surface area contributed by atoms with Gasteiger partial charge in [-0.15, -0.1) is 0 Å². The second kappa shape index (κ2) is 10.9. The fraction of sp³-hybridized carbons (Fsp3) is 0.381. The molecule has 0 aromatic heterocycles. The summed E-state index contributed by atoms with van der Waals surface area (Å²) in [6.45, 7) is 5.83. The number of guanidine groups is 1. The third kappa shape index (κ3) is 7.16. The van der Waals surface area contributed by atoms with Crippen LogP contribution in [0.3, 0.4) is 0 Å². The molecule has 0 saturated carbocycles. The molecule has 2 aromatic rings. The standard InChI is InChI=1S/C21H30N4O3S/c1-16-8-9-19(17(2)12-16)15-24-21(22-3)23-14-18-6-5-7-20(13-18)29(26,27)25-10-11-28-4/h5-9,12-13,25H,10-11,14-15H2,1-4H3,(H2,22,23,24). The van der Waals surface area contributed by atoms with E-state index in [0.717, 1.165) is 5.56 Å². The van der Waals surface area contributed by atoms with Gasteiger partial charge in [-0.3, -0.25) is 4.99 Å². The molecular weight excluding hydrogens is 388 g/mol. The summed E-state index contributed by atoms with van der Waals surface area (Å²) in [5.74, 6) is 0.649. The number of hydrogen-bond acceptors (Lipinski definition) is 4. The summed E-state index contributed by atoms with van der Waals surface area (Å²) in [5, 5.41) is 6.51. The molecule has 0 aliphatic rings. The number of methoxy groups -OCH3 is 1. The lowest BCUT2D eigenvalue weighted by Gasteiger charge is -2.14. The molecular formula is C21H30N4O3S. The van der Waals surface area contributed by atoms with Crippen molar-refractivity contribution in [1.82, 2.24) is 15.4 Å². The lowest BCUT2D eigenvalue weighted by molar-refractivity contribution is 0.204. The van der Waals surface area contributed by atoms with Crippen molar-refractivity contribution in [2.45, 2.75) is 31.8 Å². The van der Waals surface area contributed by atoms with E-state index in [2.05, 4.69) is 52.4 Å². The van der Waals surface area contributed by atoms with Crippen LogP contribution in [0.2, 0.25) is 0 Å². The summed E-state index contributed by atoms with van der Waals surface area (Å²) in [6, 6.07) is 13.2. The third-order valence-corrected chi connectivity index (χ3v) is 5.89. The summed E-state index contributed by atoms with van der Waals surface area (Å²) < 4.78 is 32.1. The van der Waals surface area contributed by atoms with Gasteiger partial charge in [0.1, 0.15) is 0 Å². The zero-order chi connectivity index (χ0) is 21.3. The Kier molecular flexibility index (Phi) is 8.63. The minimum Gasteiger partial charge on any atom is -0.383 e. The molecule has 0 radical (unpaired) electrons. The Labute approximate surface area is 173 Å². The van der Waals surface area contributed by atoms with Gasteiger partial charge in [0.2, 0.25) is 10.0 Å². The van der Waals surface area contributed by atoms with Crippen molar-refractivity contribution in [2.24, 2.45) is 4.99 Å². The van der Waals surface area contributed by atoms with Crippen LogP contribution in [0.1, 0.15) is 22.3 Å². The average molecular weight is 419 g/mol. The van der Waals surface area contributed by atoms with E-state index in [1.165, 1.54) is 23.8 Å². The predicted molar refractivity (Wildman–Crippen MR) is 116 cm³/mol. The second-order valence-corrected chi connectivity index (χ2v) is 8.51. The van der Waals surface area contributed by atoms with Gasteiger partial charge in [-0.05, 0) is 42.7 Å². The van der Waals surface area contributed by atoms with Gasteiger partial charge in [0.15, 0.2) is 5.96 Å². The SMILES string of the molecule is CN=C(NCc1cccc(S(=O)(=O)NCCOC)c1)NCc1ccc(C)cc1C. The van der Waals surface area contributed by atoms with E-state index in [0.29, 0.717) is 25.7 Å². The summed E-state index contributed by atoms with van der Waals surface area (Å²) in [6.07, 6.45) is 0. The Morgan fingerprint density at radius 2 is 1.83 bits per heavy atom. The van der Waals surface area contributed by atoms with E-state index in [1.807, 2.05) is 6.07 Å². The monoisotopic (exact) mass is 418 g/mol. The number of rotatable bonds is 9. The molecule has 0 amide bonds. The molecule has 0 aliphatic heterocycles. The second-order valence-electron chi connectivity index (χ2n) is 6.75. The van der Waals surface area contributed by atoms with Crippen LogP contribution < -0.4 is 15.4 Å². The van der Waals surface area contributed by atoms with Gasteiger partial charge >= 0.3 is 0 Å². The maximum atomic E-state index is 12.3. The minimum absolute atomic E-state index is 0.228. The van der Waals surface area contributed by atoms with E-state index in [9.17, 15) is 8.42 Å². The molecule has 2 rings (SSSR count). The number of ether oxygens (including phenoxy) is 1. The molecule has 7 nitrogen and oxygen atoms in total. The van der Waals surface area contributed by atoms with Crippen molar-refractivity contribution in [3.8, 4) is 0 Å². The third-order valence-electron chi connectivity index (χ3n) is 4.43. The number of nitrogens with one attached hydrogen (secondary N) is 3. The van der Waals surface area contributed by atoms with Gasteiger partial charge in [-0.1, -0.05) is 35.9 Å². The molecule has 0 spiro atoms. The highest BCUT2D eigenvalue weighted by Crippen LogP contribution is 2.12. The Bertz CT molecular complexity index is 943. The number of hydrogen-bond donors (Lipinski definition) is 3. The highest BCUT2D eigenvalue weighted by Gasteiger charge is 2.13. The summed E-state index contributed by atoms with van der Waals surface area (Å²) >= 11 is 0. The maximum absolute atomic E-state index is 12.3. The van der Waals surface area contributed by atoms with Gasteiger partial charge in [-0.25, -0.2) is 13.1 Å². The lowest BCUT2D eigenvalue weighted by atomic mass is 10.1. The normalized spacial score (nSPS) is 12.1. The van der Waals surface area contributed by atoms with E-state index in [-0.39, 0.29) is 11.4 Å². The highest BCUT2D eigenvalue weighted by atomic mass is 32.2. The van der Waals surface area contributed by atoms with E-state index in [1.54, 1.807) is 25.2 Å². The highest BCUT2D eigenvalue weighted by molar-refractivity contribution is 7.89. The van der Waals surface area contributed by atoms with Crippen LogP contribution in [0.4, 0.5) is 0 Å². The van der Waals surface area contributed by atoms with Crippen LogP contribution in [0, 0.1) is 13.8 Å². The smallest absolute Gasteiger partial charge is 0.240 e. The Hall–Kier alpha value is -2.42. The van der Waals surface area contributed by atoms with Gasteiger partial charge in [-0.2, -0.15) is 0 Å². The molecule has 158 valence electrons. The van der Waals surface area contributed by atoms with Crippen LogP contribution in [-0.4, -0.2) is 41.7 Å². The largest absolute Gasteiger partial charge is 0.383 e. The molecule has 29 heavy (non-hydrogen) atoms. The predicted octanol–water partition coefficient (Wildman–Crippen LogP) is 2.09. The van der Waals surface area contributed by atoms with Gasteiger partial charge in [0.05, 0.1) is 11.5 Å². The quantitative estimate of drug-likeness (QED) is 0.330. The van der Waals surface area contributed by atoms with Crippen LogP contribution >= 0.6 is 0 Å². The molecule has 2 aromatic carbocycles. The molecule has 0 unspecified atom stereocenters. The number of nitrogens with zero attached hydrogens (tertiary/aromatic N) is 1. The Morgan fingerprint density at radius 3 is 2.52 bits per heavy atom. The maximum Gasteiger partial charge on any atom is 0.240 e. The zero-order valence-electron chi connectivity index (χ0n) is 17.5. The summed E-state index contributed by atoms with van der Waals surface area (Å²) in [7, 11) is -0.322. The molecule has 0 atom stereocenters. The van der Waals surface area contributed by atoms with Crippen molar-refractivity contribution >= 4 is 16.0 Å². The van der Waals surface area contributed by atoms with Crippen LogP contribution in [0.15, 0.2) is 52.4 Å². The van der Waals surface area contributed by atoms with Gasteiger partial charge in [0, 0.05) is 33.8 Å². The van der Waals surface area contributed by atoms with Crippen LogP contribution in [-0.2, 0) is 27.8 Å². The minimum atomic E-state index is -3.56. The first-order valence-electron chi connectivity index (χ1n) is 9.44. The molecule has 0 fully saturated rings. The first-order valence-corrected chi connectivity index (χ1v) is 10.9. The van der Waals surface area contributed by atoms with Crippen LogP contribution in [0.5, 0.6) is 0 Å². The van der Waals surface area contributed by atoms with Crippen molar-refractivity contribution in [3.63, 3.8) is 0 Å². The van der Waals surface area contributed by atoms with Crippen molar-refractivity contribution in [3.05, 3.63) is 64.7 Å². The van der Waals surface area contributed by atoms with Crippen molar-refractivity contribution < 1.29 is 13.2 Å². The average Bonchev–Trinajstić information content (AvgIpc) is 2.69.